The van der Waals surface area contributed by atoms with Crippen molar-refractivity contribution in [2.24, 2.45) is 0 Å². The van der Waals surface area contributed by atoms with Crippen LogP contribution in [0.15, 0.2) is 5.38 Å². The van der Waals surface area contributed by atoms with Crippen LogP contribution < -0.4 is 10.6 Å². The van der Waals surface area contributed by atoms with Gasteiger partial charge < -0.3 is 10.6 Å². The molecular formula is C12H20N4OS. The number of carbonyl (C=O) groups is 1. The summed E-state index contributed by atoms with van der Waals surface area (Å²) >= 11 is 1.47. The fraction of sp³-hybridized carbons (Fsp3) is 0.667. The predicted octanol–water partition coefficient (Wildman–Crippen LogP) is 1.07. The van der Waals surface area contributed by atoms with Gasteiger partial charge >= 0.3 is 0 Å². The molecule has 2 unspecified atom stereocenters. The van der Waals surface area contributed by atoms with E-state index in [1.54, 1.807) is 0 Å². The molecule has 0 radical (unpaired) electrons. The first-order chi connectivity index (χ1) is 8.52. The fourth-order valence-electron chi connectivity index (χ4n) is 2.34. The van der Waals surface area contributed by atoms with Gasteiger partial charge in [0.25, 0.3) is 0 Å². The van der Waals surface area contributed by atoms with Crippen molar-refractivity contribution in [1.29, 1.82) is 0 Å². The van der Waals surface area contributed by atoms with Crippen molar-refractivity contribution in [2.45, 2.75) is 32.9 Å². The molecule has 6 heteroatoms. The highest BCUT2D eigenvalue weighted by Gasteiger charge is 2.22. The summed E-state index contributed by atoms with van der Waals surface area (Å²) in [4.78, 5) is 18.3. The van der Waals surface area contributed by atoms with Gasteiger partial charge in [-0.25, -0.2) is 4.98 Å². The number of nitrogens with zero attached hydrogens (tertiary/aromatic N) is 2. The maximum absolute atomic E-state index is 11.9. The van der Waals surface area contributed by atoms with Crippen molar-refractivity contribution in [1.82, 2.24) is 15.2 Å². The number of piperazine rings is 1. The Kier molecular flexibility index (Phi) is 4.31. The molecule has 0 aromatic carbocycles. The van der Waals surface area contributed by atoms with Crippen molar-refractivity contribution < 1.29 is 4.79 Å². The molecule has 1 aromatic rings. The lowest BCUT2D eigenvalue weighted by Crippen LogP contribution is -2.55. The lowest BCUT2D eigenvalue weighted by molar-refractivity contribution is -0.117. The van der Waals surface area contributed by atoms with Crippen molar-refractivity contribution in [3.63, 3.8) is 0 Å². The highest BCUT2D eigenvalue weighted by molar-refractivity contribution is 7.13. The molecule has 1 aromatic heterocycles. The van der Waals surface area contributed by atoms with Gasteiger partial charge in [-0.05, 0) is 20.8 Å². The fourth-order valence-corrected chi connectivity index (χ4v) is 3.05. The van der Waals surface area contributed by atoms with Crippen LogP contribution >= 0.6 is 11.3 Å². The molecule has 2 heterocycles. The van der Waals surface area contributed by atoms with E-state index in [2.05, 4.69) is 34.4 Å². The normalized spacial score (nSPS) is 25.1. The lowest BCUT2D eigenvalue weighted by atomic mass is 10.1. The molecule has 2 atom stereocenters. The molecule has 2 rings (SSSR count). The molecule has 1 aliphatic heterocycles. The zero-order valence-corrected chi connectivity index (χ0v) is 11.9. The molecule has 18 heavy (non-hydrogen) atoms. The van der Waals surface area contributed by atoms with Crippen LogP contribution in [0, 0.1) is 6.92 Å². The SMILES string of the molecule is Cc1csc(NC(=O)CN2CC(C)NC(C)C2)n1. The Hall–Kier alpha value is -0.980. The Morgan fingerprint density at radius 2 is 2.22 bits per heavy atom. The van der Waals surface area contributed by atoms with E-state index in [1.165, 1.54) is 11.3 Å². The number of hydrogen-bond acceptors (Lipinski definition) is 5. The minimum absolute atomic E-state index is 0.0191. The number of nitrogens with one attached hydrogen (secondary N) is 2. The molecule has 5 nitrogen and oxygen atoms in total. The maximum Gasteiger partial charge on any atom is 0.240 e. The molecule has 1 fully saturated rings. The topological polar surface area (TPSA) is 57.3 Å². The molecule has 2 N–H and O–H groups in total. The second-order valence-corrected chi connectivity index (χ2v) is 5.86. The van der Waals surface area contributed by atoms with Gasteiger partial charge in [0.1, 0.15) is 0 Å². The van der Waals surface area contributed by atoms with Gasteiger partial charge in [-0.3, -0.25) is 9.69 Å². The summed E-state index contributed by atoms with van der Waals surface area (Å²) in [5.41, 5.74) is 0.944. The van der Waals surface area contributed by atoms with E-state index >= 15 is 0 Å². The average Bonchev–Trinajstić information content (AvgIpc) is 2.61. The van der Waals surface area contributed by atoms with Crippen molar-refractivity contribution >= 4 is 22.4 Å². The van der Waals surface area contributed by atoms with Gasteiger partial charge in [0.2, 0.25) is 5.91 Å². The molecule has 0 bridgehead atoms. The summed E-state index contributed by atoms with van der Waals surface area (Å²) < 4.78 is 0. The molecule has 100 valence electrons. The number of hydrogen-bond donors (Lipinski definition) is 2. The third-order valence-electron chi connectivity index (χ3n) is 2.87. The Balaban J connectivity index is 1.83. The lowest BCUT2D eigenvalue weighted by Gasteiger charge is -2.35. The number of aryl methyl sites for hydroxylation is 1. The van der Waals surface area contributed by atoms with Crippen LogP contribution in [-0.2, 0) is 4.79 Å². The highest BCUT2D eigenvalue weighted by atomic mass is 32.1. The van der Waals surface area contributed by atoms with Crippen molar-refractivity contribution in [2.75, 3.05) is 25.0 Å². The van der Waals surface area contributed by atoms with Gasteiger partial charge in [0.05, 0.1) is 12.2 Å². The summed E-state index contributed by atoms with van der Waals surface area (Å²) in [5.74, 6) is 0.0191. The van der Waals surface area contributed by atoms with Gasteiger partial charge in [-0.2, -0.15) is 0 Å². The Morgan fingerprint density at radius 3 is 2.78 bits per heavy atom. The van der Waals surface area contributed by atoms with E-state index in [0.29, 0.717) is 23.8 Å². The summed E-state index contributed by atoms with van der Waals surface area (Å²) in [6, 6.07) is 0.868. The number of anilines is 1. The summed E-state index contributed by atoms with van der Waals surface area (Å²) in [6.45, 7) is 8.47. The number of thiazole rings is 1. The first-order valence-electron chi connectivity index (χ1n) is 6.23. The monoisotopic (exact) mass is 268 g/mol. The average molecular weight is 268 g/mol. The smallest absolute Gasteiger partial charge is 0.240 e. The molecule has 0 aliphatic carbocycles. The van der Waals surface area contributed by atoms with E-state index in [4.69, 9.17) is 0 Å². The van der Waals surface area contributed by atoms with Crippen LogP contribution in [0.5, 0.6) is 0 Å². The standard InChI is InChI=1S/C12H20N4OS/c1-8-4-16(5-9(2)13-8)6-11(17)15-12-14-10(3)7-18-12/h7-9,13H,4-6H2,1-3H3,(H,14,15,17). The summed E-state index contributed by atoms with van der Waals surface area (Å²) in [5, 5.41) is 8.92. The van der Waals surface area contributed by atoms with E-state index < -0.39 is 0 Å². The van der Waals surface area contributed by atoms with Crippen LogP contribution in [-0.4, -0.2) is 47.5 Å². The largest absolute Gasteiger partial charge is 0.309 e. The zero-order valence-electron chi connectivity index (χ0n) is 11.1. The molecular weight excluding hydrogens is 248 g/mol. The van der Waals surface area contributed by atoms with E-state index in [9.17, 15) is 4.79 Å². The van der Waals surface area contributed by atoms with Crippen LogP contribution in [0.1, 0.15) is 19.5 Å². The van der Waals surface area contributed by atoms with Gasteiger partial charge in [-0.15, -0.1) is 11.3 Å². The van der Waals surface area contributed by atoms with E-state index in [1.807, 2.05) is 12.3 Å². The maximum atomic E-state index is 11.9. The van der Waals surface area contributed by atoms with Gasteiger partial charge in [-0.1, -0.05) is 0 Å². The Bertz CT molecular complexity index is 410. The Morgan fingerprint density at radius 1 is 1.56 bits per heavy atom. The number of carbonyl (C=O) groups excluding carboxylic acids is 1. The van der Waals surface area contributed by atoms with Crippen LogP contribution in [0.3, 0.4) is 0 Å². The first kappa shape index (κ1) is 13.5. The third kappa shape index (κ3) is 3.76. The third-order valence-corrected chi connectivity index (χ3v) is 3.74. The predicted molar refractivity (Wildman–Crippen MR) is 74.0 cm³/mol. The minimum atomic E-state index is 0.0191. The zero-order chi connectivity index (χ0) is 13.1. The van der Waals surface area contributed by atoms with Crippen LogP contribution in [0.25, 0.3) is 0 Å². The van der Waals surface area contributed by atoms with Gasteiger partial charge in [0.15, 0.2) is 5.13 Å². The molecule has 1 aliphatic rings. The quantitative estimate of drug-likeness (QED) is 0.861. The number of aromatic nitrogens is 1. The number of rotatable bonds is 3. The minimum Gasteiger partial charge on any atom is -0.309 e. The van der Waals surface area contributed by atoms with E-state index in [0.717, 1.165) is 18.8 Å². The van der Waals surface area contributed by atoms with Crippen LogP contribution in [0.2, 0.25) is 0 Å². The summed E-state index contributed by atoms with van der Waals surface area (Å²) in [6.07, 6.45) is 0. The van der Waals surface area contributed by atoms with Gasteiger partial charge in [0, 0.05) is 30.6 Å². The molecule has 0 saturated carbocycles. The molecule has 1 saturated heterocycles. The number of amides is 1. The molecule has 0 spiro atoms. The second kappa shape index (κ2) is 5.77. The first-order valence-corrected chi connectivity index (χ1v) is 7.11. The highest BCUT2D eigenvalue weighted by Crippen LogP contribution is 2.14. The van der Waals surface area contributed by atoms with Crippen molar-refractivity contribution in [3.05, 3.63) is 11.1 Å². The Labute approximate surface area is 112 Å². The van der Waals surface area contributed by atoms with E-state index in [-0.39, 0.29) is 5.91 Å². The molecule has 1 amide bonds. The van der Waals surface area contributed by atoms with Crippen molar-refractivity contribution in [3.8, 4) is 0 Å². The van der Waals surface area contributed by atoms with Crippen LogP contribution in [0.4, 0.5) is 5.13 Å². The summed E-state index contributed by atoms with van der Waals surface area (Å²) in [7, 11) is 0. The second-order valence-electron chi connectivity index (χ2n) is 5.01.